The summed E-state index contributed by atoms with van der Waals surface area (Å²) in [5, 5.41) is 2.81. The molecule has 0 unspecified atom stereocenters. The average Bonchev–Trinajstić information content (AvgIpc) is 3.35. The molecule has 1 aliphatic heterocycles. The van der Waals surface area contributed by atoms with Gasteiger partial charge in [0.05, 0.1) is 12.8 Å². The zero-order valence-corrected chi connectivity index (χ0v) is 16.3. The summed E-state index contributed by atoms with van der Waals surface area (Å²) in [5.41, 5.74) is 3.36. The monoisotopic (exact) mass is 389 g/mol. The van der Waals surface area contributed by atoms with Crippen LogP contribution in [0.4, 0.5) is 5.69 Å². The second-order valence-corrected chi connectivity index (χ2v) is 7.02. The number of anilines is 1. The van der Waals surface area contributed by atoms with Crippen molar-refractivity contribution >= 4 is 33.8 Å². The van der Waals surface area contributed by atoms with Crippen LogP contribution in [-0.4, -0.2) is 27.4 Å². The molecular formula is C23H19NO5. The SMILES string of the molecule is COc1ccc(-c2ccc3cc4c(cc3c2N(C)C=O)OCO4)c2cc(C)oc12. The molecule has 0 spiro atoms. The molecule has 0 aliphatic carbocycles. The van der Waals surface area contributed by atoms with E-state index in [0.29, 0.717) is 22.8 Å². The van der Waals surface area contributed by atoms with E-state index >= 15 is 0 Å². The minimum absolute atomic E-state index is 0.199. The highest BCUT2D eigenvalue weighted by Crippen LogP contribution is 2.45. The van der Waals surface area contributed by atoms with Gasteiger partial charge in [0.25, 0.3) is 0 Å². The van der Waals surface area contributed by atoms with Crippen LogP contribution < -0.4 is 19.1 Å². The number of ether oxygens (including phenoxy) is 3. The van der Waals surface area contributed by atoms with Crippen molar-refractivity contribution in [2.24, 2.45) is 0 Å². The Hall–Kier alpha value is -3.67. The molecule has 4 aromatic rings. The number of carbonyl (C=O) groups is 1. The van der Waals surface area contributed by atoms with Gasteiger partial charge in [-0.1, -0.05) is 12.1 Å². The minimum Gasteiger partial charge on any atom is -0.493 e. The largest absolute Gasteiger partial charge is 0.493 e. The molecular weight excluding hydrogens is 370 g/mol. The van der Waals surface area contributed by atoms with Gasteiger partial charge >= 0.3 is 0 Å². The van der Waals surface area contributed by atoms with E-state index in [9.17, 15) is 4.79 Å². The zero-order valence-electron chi connectivity index (χ0n) is 16.3. The van der Waals surface area contributed by atoms with Gasteiger partial charge in [0.15, 0.2) is 22.8 Å². The van der Waals surface area contributed by atoms with Crippen molar-refractivity contribution < 1.29 is 23.4 Å². The zero-order chi connectivity index (χ0) is 20.1. The lowest BCUT2D eigenvalue weighted by atomic mass is 9.95. The van der Waals surface area contributed by atoms with Crippen molar-refractivity contribution in [3.63, 3.8) is 0 Å². The van der Waals surface area contributed by atoms with E-state index in [1.807, 2.05) is 49.4 Å². The number of carbonyl (C=O) groups excluding carboxylic acids is 1. The molecule has 1 aliphatic rings. The number of hydrogen-bond donors (Lipinski definition) is 0. The van der Waals surface area contributed by atoms with Crippen molar-refractivity contribution in [3.8, 4) is 28.4 Å². The van der Waals surface area contributed by atoms with Crippen LogP contribution in [0.5, 0.6) is 17.2 Å². The van der Waals surface area contributed by atoms with Crippen molar-refractivity contribution in [1.82, 2.24) is 0 Å². The van der Waals surface area contributed by atoms with Gasteiger partial charge in [-0.3, -0.25) is 4.79 Å². The minimum atomic E-state index is 0.199. The van der Waals surface area contributed by atoms with E-state index in [1.165, 1.54) is 0 Å². The highest BCUT2D eigenvalue weighted by Gasteiger charge is 2.21. The number of hydrogen-bond acceptors (Lipinski definition) is 5. The van der Waals surface area contributed by atoms with E-state index in [0.717, 1.165) is 45.1 Å². The maximum Gasteiger partial charge on any atom is 0.231 e. The van der Waals surface area contributed by atoms with Crippen LogP contribution in [0.3, 0.4) is 0 Å². The number of rotatable bonds is 4. The number of methoxy groups -OCH3 is 1. The Bertz CT molecular complexity index is 1270. The van der Waals surface area contributed by atoms with Gasteiger partial charge in [-0.15, -0.1) is 0 Å². The van der Waals surface area contributed by atoms with Crippen LogP contribution >= 0.6 is 0 Å². The van der Waals surface area contributed by atoms with Crippen LogP contribution in [0.2, 0.25) is 0 Å². The van der Waals surface area contributed by atoms with Gasteiger partial charge in [0, 0.05) is 23.4 Å². The van der Waals surface area contributed by atoms with E-state index in [2.05, 4.69) is 0 Å². The molecule has 29 heavy (non-hydrogen) atoms. The number of fused-ring (bicyclic) bond motifs is 3. The fourth-order valence-electron chi connectivity index (χ4n) is 3.97. The second kappa shape index (κ2) is 6.44. The third-order valence-corrected chi connectivity index (χ3v) is 5.28. The summed E-state index contributed by atoms with van der Waals surface area (Å²) < 4.78 is 22.4. The summed E-state index contributed by atoms with van der Waals surface area (Å²) in [5.74, 6) is 2.85. The topological polar surface area (TPSA) is 61.1 Å². The van der Waals surface area contributed by atoms with E-state index in [4.69, 9.17) is 18.6 Å². The lowest BCUT2D eigenvalue weighted by Crippen LogP contribution is -2.15. The molecule has 6 nitrogen and oxygen atoms in total. The lowest BCUT2D eigenvalue weighted by Gasteiger charge is -2.20. The fourth-order valence-corrected chi connectivity index (χ4v) is 3.97. The van der Waals surface area contributed by atoms with Crippen molar-refractivity contribution in [2.45, 2.75) is 6.92 Å². The predicted molar refractivity (Wildman–Crippen MR) is 111 cm³/mol. The number of furan rings is 1. The molecule has 0 N–H and O–H groups in total. The second-order valence-electron chi connectivity index (χ2n) is 7.02. The molecule has 6 heteroatoms. The standard InChI is InChI=1S/C23H19NO5/c1-13-8-18-15(6-7-19(26-3)23(18)29-13)16-5-4-14-9-20-21(28-12-27-20)10-17(14)22(16)24(2)11-25/h4-11H,12H2,1-3H3. The Morgan fingerprint density at radius 3 is 2.52 bits per heavy atom. The molecule has 1 aromatic heterocycles. The Labute approximate surface area is 167 Å². The van der Waals surface area contributed by atoms with E-state index < -0.39 is 0 Å². The third-order valence-electron chi connectivity index (χ3n) is 5.28. The third kappa shape index (κ3) is 2.60. The van der Waals surface area contributed by atoms with Gasteiger partial charge in [-0.25, -0.2) is 0 Å². The number of nitrogens with zero attached hydrogens (tertiary/aromatic N) is 1. The van der Waals surface area contributed by atoms with Gasteiger partial charge in [-0.05, 0) is 48.2 Å². The molecule has 0 bridgehead atoms. The fraction of sp³-hybridized carbons (Fsp3) is 0.174. The average molecular weight is 389 g/mol. The molecule has 0 radical (unpaired) electrons. The summed E-state index contributed by atoms with van der Waals surface area (Å²) >= 11 is 0. The maximum atomic E-state index is 11.8. The van der Waals surface area contributed by atoms with Gasteiger partial charge in [0.2, 0.25) is 13.2 Å². The molecule has 2 heterocycles. The molecule has 1 amide bonds. The van der Waals surface area contributed by atoms with Crippen molar-refractivity contribution in [3.05, 3.63) is 48.2 Å². The van der Waals surface area contributed by atoms with Gasteiger partial charge < -0.3 is 23.5 Å². The molecule has 0 saturated carbocycles. The normalized spacial score (nSPS) is 12.5. The van der Waals surface area contributed by atoms with Crippen molar-refractivity contribution in [2.75, 3.05) is 25.9 Å². The molecule has 0 atom stereocenters. The summed E-state index contributed by atoms with van der Waals surface area (Å²) in [6, 6.07) is 13.8. The summed E-state index contributed by atoms with van der Waals surface area (Å²) in [7, 11) is 3.37. The van der Waals surface area contributed by atoms with Gasteiger partial charge in [0.1, 0.15) is 5.76 Å². The molecule has 146 valence electrons. The van der Waals surface area contributed by atoms with Crippen LogP contribution in [0, 0.1) is 6.92 Å². The predicted octanol–water partition coefficient (Wildman–Crippen LogP) is 4.89. The molecule has 0 saturated heterocycles. The van der Waals surface area contributed by atoms with Crippen LogP contribution in [0.1, 0.15) is 5.76 Å². The smallest absolute Gasteiger partial charge is 0.231 e. The first-order valence-corrected chi connectivity index (χ1v) is 9.22. The first-order valence-electron chi connectivity index (χ1n) is 9.22. The maximum absolute atomic E-state index is 11.8. The highest BCUT2D eigenvalue weighted by molar-refractivity contribution is 6.10. The van der Waals surface area contributed by atoms with Gasteiger partial charge in [-0.2, -0.15) is 0 Å². The highest BCUT2D eigenvalue weighted by atomic mass is 16.7. The molecule has 5 rings (SSSR count). The van der Waals surface area contributed by atoms with Crippen LogP contribution in [-0.2, 0) is 4.79 Å². The lowest BCUT2D eigenvalue weighted by molar-refractivity contribution is -0.107. The Balaban J connectivity index is 1.85. The summed E-state index contributed by atoms with van der Waals surface area (Å²) in [4.78, 5) is 13.4. The molecule has 0 fully saturated rings. The van der Waals surface area contributed by atoms with Crippen LogP contribution in [0.25, 0.3) is 32.9 Å². The quantitative estimate of drug-likeness (QED) is 0.465. The van der Waals surface area contributed by atoms with Crippen molar-refractivity contribution in [1.29, 1.82) is 0 Å². The molecule has 3 aromatic carbocycles. The Kier molecular flexibility index (Phi) is 3.87. The Morgan fingerprint density at radius 2 is 1.76 bits per heavy atom. The first-order chi connectivity index (χ1) is 14.1. The summed E-state index contributed by atoms with van der Waals surface area (Å²) in [6.07, 6.45) is 0.810. The number of benzene rings is 3. The van der Waals surface area contributed by atoms with E-state index in [1.54, 1.807) is 19.1 Å². The summed E-state index contributed by atoms with van der Waals surface area (Å²) in [6.45, 7) is 2.10. The first kappa shape index (κ1) is 17.4. The number of amides is 1. The Morgan fingerprint density at radius 1 is 1.00 bits per heavy atom. The van der Waals surface area contributed by atoms with E-state index in [-0.39, 0.29) is 6.79 Å². The van der Waals surface area contributed by atoms with Crippen LogP contribution in [0.15, 0.2) is 46.9 Å². The number of aryl methyl sites for hydroxylation is 1.